The zero-order valence-electron chi connectivity index (χ0n) is 18.6. The van der Waals surface area contributed by atoms with Crippen LogP contribution in [0, 0.1) is 5.82 Å². The Morgan fingerprint density at radius 2 is 1.81 bits per heavy atom. The third-order valence-electron chi connectivity index (χ3n) is 6.18. The molecule has 2 heterocycles. The molecule has 3 rings (SSSR count). The molecular formula is C22H35F3N6. The van der Waals surface area contributed by atoms with Gasteiger partial charge in [-0.05, 0) is 37.1 Å². The van der Waals surface area contributed by atoms with Crippen LogP contribution in [0.2, 0.25) is 0 Å². The summed E-state index contributed by atoms with van der Waals surface area (Å²) in [6.45, 7) is 8.40. The second kappa shape index (κ2) is 11.6. The number of nitrogens with one attached hydrogen (secondary N) is 2. The molecule has 31 heavy (non-hydrogen) atoms. The van der Waals surface area contributed by atoms with Gasteiger partial charge in [-0.3, -0.25) is 9.89 Å². The quantitative estimate of drug-likeness (QED) is 0.504. The summed E-state index contributed by atoms with van der Waals surface area (Å²) in [5.41, 5.74) is 1.51. The molecule has 2 saturated heterocycles. The van der Waals surface area contributed by atoms with Gasteiger partial charge < -0.3 is 20.4 Å². The van der Waals surface area contributed by atoms with Gasteiger partial charge in [0.25, 0.3) is 6.43 Å². The van der Waals surface area contributed by atoms with E-state index in [-0.39, 0.29) is 18.4 Å². The lowest BCUT2D eigenvalue weighted by molar-refractivity contribution is 0.0744. The molecule has 0 bridgehead atoms. The Kier molecular flexibility index (Phi) is 8.83. The second-order valence-corrected chi connectivity index (χ2v) is 8.24. The number of halogens is 3. The number of aliphatic imine (C=N–C) groups is 1. The number of hydrogen-bond donors (Lipinski definition) is 2. The standard InChI is InChI=1S/C22H35F3N6/c1-3-29-10-12-31(13-11-29)20-5-4-17(14-19(20)23)15-27-22(26-2)28-18-6-8-30(9-7-18)16-21(24)25/h4-5,14,18,21H,3,6-13,15-16H2,1-2H3,(H2,26,27,28). The van der Waals surface area contributed by atoms with E-state index in [1.165, 1.54) is 0 Å². The van der Waals surface area contributed by atoms with Gasteiger partial charge in [-0.1, -0.05) is 13.0 Å². The molecule has 0 unspecified atom stereocenters. The summed E-state index contributed by atoms with van der Waals surface area (Å²) >= 11 is 0. The SMILES string of the molecule is CCN1CCN(c2ccc(CNC(=NC)NC3CCN(CC(F)F)CC3)cc2F)CC1. The summed E-state index contributed by atoms with van der Waals surface area (Å²) in [6, 6.07) is 5.60. The van der Waals surface area contributed by atoms with Crippen LogP contribution in [0.4, 0.5) is 18.9 Å². The molecule has 174 valence electrons. The van der Waals surface area contributed by atoms with Gasteiger partial charge in [0.1, 0.15) is 5.82 Å². The maximum Gasteiger partial charge on any atom is 0.251 e. The number of guanidine groups is 1. The number of hydrogen-bond acceptors (Lipinski definition) is 4. The van der Waals surface area contributed by atoms with Gasteiger partial charge in [0.2, 0.25) is 0 Å². The molecule has 2 N–H and O–H groups in total. The molecular weight excluding hydrogens is 405 g/mol. The van der Waals surface area contributed by atoms with Crippen LogP contribution in [-0.4, -0.2) is 87.6 Å². The van der Waals surface area contributed by atoms with Gasteiger partial charge in [-0.2, -0.15) is 0 Å². The number of rotatable bonds is 7. The summed E-state index contributed by atoms with van der Waals surface area (Å²) < 4.78 is 39.8. The Hall–Kier alpha value is -2.00. The highest BCUT2D eigenvalue weighted by molar-refractivity contribution is 5.80. The van der Waals surface area contributed by atoms with E-state index in [1.54, 1.807) is 18.0 Å². The van der Waals surface area contributed by atoms with Crippen molar-refractivity contribution < 1.29 is 13.2 Å². The molecule has 0 aliphatic carbocycles. The number of likely N-dealkylation sites (N-methyl/N-ethyl adjacent to an activating group) is 1. The van der Waals surface area contributed by atoms with Gasteiger partial charge in [-0.15, -0.1) is 0 Å². The first-order valence-corrected chi connectivity index (χ1v) is 11.2. The summed E-state index contributed by atoms with van der Waals surface area (Å²) in [5, 5.41) is 6.59. The average molecular weight is 441 g/mol. The number of benzene rings is 1. The van der Waals surface area contributed by atoms with Gasteiger partial charge >= 0.3 is 0 Å². The van der Waals surface area contributed by atoms with Crippen molar-refractivity contribution in [2.24, 2.45) is 4.99 Å². The lowest BCUT2D eigenvalue weighted by Gasteiger charge is -2.35. The first-order chi connectivity index (χ1) is 15.0. The van der Waals surface area contributed by atoms with Crippen molar-refractivity contribution in [1.82, 2.24) is 20.4 Å². The van der Waals surface area contributed by atoms with E-state index < -0.39 is 6.43 Å². The predicted molar refractivity (Wildman–Crippen MR) is 120 cm³/mol. The molecule has 0 atom stereocenters. The van der Waals surface area contributed by atoms with Crippen LogP contribution in [0.1, 0.15) is 25.3 Å². The number of piperazine rings is 1. The minimum Gasteiger partial charge on any atom is -0.367 e. The summed E-state index contributed by atoms with van der Waals surface area (Å²) in [7, 11) is 1.70. The largest absolute Gasteiger partial charge is 0.367 e. The first kappa shape index (κ1) is 23.7. The Labute approximate surface area is 183 Å². The molecule has 2 aliphatic heterocycles. The summed E-state index contributed by atoms with van der Waals surface area (Å²) in [4.78, 5) is 10.5. The molecule has 2 fully saturated rings. The van der Waals surface area contributed by atoms with Crippen molar-refractivity contribution in [1.29, 1.82) is 0 Å². The summed E-state index contributed by atoms with van der Waals surface area (Å²) in [6.07, 6.45) is -0.698. The minimum atomic E-state index is -2.29. The molecule has 1 aromatic rings. The van der Waals surface area contributed by atoms with E-state index in [2.05, 4.69) is 32.3 Å². The predicted octanol–water partition coefficient (Wildman–Crippen LogP) is 2.36. The fourth-order valence-electron chi connectivity index (χ4n) is 4.25. The van der Waals surface area contributed by atoms with Crippen LogP contribution < -0.4 is 15.5 Å². The van der Waals surface area contributed by atoms with E-state index >= 15 is 0 Å². The van der Waals surface area contributed by atoms with Crippen LogP contribution in [0.3, 0.4) is 0 Å². The van der Waals surface area contributed by atoms with E-state index in [9.17, 15) is 13.2 Å². The Balaban J connectivity index is 1.46. The van der Waals surface area contributed by atoms with Crippen molar-refractivity contribution in [3.63, 3.8) is 0 Å². The number of piperidine rings is 1. The van der Waals surface area contributed by atoms with Crippen molar-refractivity contribution in [2.45, 2.75) is 38.8 Å². The molecule has 0 spiro atoms. The van der Waals surface area contributed by atoms with Crippen molar-refractivity contribution in [3.8, 4) is 0 Å². The van der Waals surface area contributed by atoms with Crippen molar-refractivity contribution >= 4 is 11.6 Å². The van der Waals surface area contributed by atoms with Crippen LogP contribution in [0.5, 0.6) is 0 Å². The number of nitrogens with zero attached hydrogens (tertiary/aromatic N) is 4. The highest BCUT2D eigenvalue weighted by Gasteiger charge is 2.22. The first-order valence-electron chi connectivity index (χ1n) is 11.2. The molecule has 0 saturated carbocycles. The Morgan fingerprint density at radius 1 is 1.10 bits per heavy atom. The monoisotopic (exact) mass is 440 g/mol. The lowest BCUT2D eigenvalue weighted by Crippen LogP contribution is -2.49. The van der Waals surface area contributed by atoms with E-state index in [4.69, 9.17) is 0 Å². The molecule has 2 aliphatic rings. The van der Waals surface area contributed by atoms with Gasteiger partial charge in [0.05, 0.1) is 12.2 Å². The molecule has 0 aromatic heterocycles. The van der Waals surface area contributed by atoms with E-state index in [1.807, 2.05) is 12.1 Å². The normalized spacial score (nSPS) is 19.8. The minimum absolute atomic E-state index is 0.157. The third kappa shape index (κ3) is 7.00. The third-order valence-corrected chi connectivity index (χ3v) is 6.18. The highest BCUT2D eigenvalue weighted by atomic mass is 19.3. The smallest absolute Gasteiger partial charge is 0.251 e. The van der Waals surface area contributed by atoms with E-state index in [0.29, 0.717) is 31.3 Å². The van der Waals surface area contributed by atoms with Crippen molar-refractivity contribution in [3.05, 3.63) is 29.6 Å². The Bertz CT molecular complexity index is 713. The van der Waals surface area contributed by atoms with Gasteiger partial charge in [-0.25, -0.2) is 13.2 Å². The van der Waals surface area contributed by atoms with E-state index in [0.717, 1.165) is 51.1 Å². The topological polar surface area (TPSA) is 46.1 Å². The fraction of sp³-hybridized carbons (Fsp3) is 0.682. The number of anilines is 1. The molecule has 1 aromatic carbocycles. The zero-order chi connectivity index (χ0) is 22.2. The number of likely N-dealkylation sites (tertiary alicyclic amines) is 1. The molecule has 0 amide bonds. The molecule has 6 nitrogen and oxygen atoms in total. The maximum absolute atomic E-state index is 14.7. The van der Waals surface area contributed by atoms with Gasteiger partial charge in [0.15, 0.2) is 5.96 Å². The van der Waals surface area contributed by atoms with Crippen LogP contribution in [0.25, 0.3) is 0 Å². The Morgan fingerprint density at radius 3 is 2.39 bits per heavy atom. The van der Waals surface area contributed by atoms with Crippen molar-refractivity contribution in [2.75, 3.05) is 64.3 Å². The molecule has 9 heteroatoms. The highest BCUT2D eigenvalue weighted by Crippen LogP contribution is 2.22. The number of alkyl halides is 2. The summed E-state index contributed by atoms with van der Waals surface area (Å²) in [5.74, 6) is 0.450. The zero-order valence-corrected chi connectivity index (χ0v) is 18.6. The molecule has 0 radical (unpaired) electrons. The second-order valence-electron chi connectivity index (χ2n) is 8.24. The van der Waals surface area contributed by atoms with Gasteiger partial charge in [0, 0.05) is 58.9 Å². The fourth-order valence-corrected chi connectivity index (χ4v) is 4.25. The lowest BCUT2D eigenvalue weighted by atomic mass is 10.1. The maximum atomic E-state index is 14.7. The van der Waals surface area contributed by atoms with Crippen LogP contribution in [0.15, 0.2) is 23.2 Å². The van der Waals surface area contributed by atoms with Crippen LogP contribution in [-0.2, 0) is 6.54 Å². The van der Waals surface area contributed by atoms with Crippen LogP contribution >= 0.6 is 0 Å². The average Bonchev–Trinajstić information content (AvgIpc) is 2.77.